The Morgan fingerprint density at radius 2 is 2.29 bits per heavy atom. The molecule has 1 aliphatic rings. The number of aryl methyl sites for hydroxylation is 2. The first-order valence-electron chi connectivity index (χ1n) is 10.9. The zero-order valence-electron chi connectivity index (χ0n) is 19.0. The van der Waals surface area contributed by atoms with E-state index in [1.54, 1.807) is 22.1 Å². The van der Waals surface area contributed by atoms with Crippen molar-refractivity contribution in [2.75, 3.05) is 11.9 Å². The van der Waals surface area contributed by atoms with Gasteiger partial charge < -0.3 is 15.4 Å². The molecule has 2 amide bonds. The van der Waals surface area contributed by atoms with Crippen molar-refractivity contribution in [1.29, 1.82) is 5.26 Å². The number of hydrogen-bond acceptors (Lipinski definition) is 7. The second-order valence-corrected chi connectivity index (χ2v) is 10.1. The minimum Gasteiger partial charge on any atom is -0.449 e. The van der Waals surface area contributed by atoms with Gasteiger partial charge in [0.2, 0.25) is 5.91 Å². The fourth-order valence-electron chi connectivity index (χ4n) is 3.93. The zero-order chi connectivity index (χ0) is 24.1. The Hall–Kier alpha value is -3.42. The second kappa shape index (κ2) is 10.7. The van der Waals surface area contributed by atoms with Crippen molar-refractivity contribution in [2.45, 2.75) is 32.7 Å². The number of nitrogens with zero attached hydrogens (tertiary/aromatic N) is 3. The first-order chi connectivity index (χ1) is 16.4. The summed E-state index contributed by atoms with van der Waals surface area (Å²) in [5.74, 6) is -0.0905. The van der Waals surface area contributed by atoms with Crippen LogP contribution in [0.25, 0.3) is 6.08 Å². The molecule has 1 unspecified atom stereocenters. The van der Waals surface area contributed by atoms with E-state index in [1.165, 1.54) is 17.4 Å². The fourth-order valence-corrected chi connectivity index (χ4v) is 5.88. The van der Waals surface area contributed by atoms with E-state index in [9.17, 15) is 14.9 Å². The standard InChI is InChI=1S/C24H25N5O3S2/c1-15-18(12-29(2)28-15)11-26-24(31)32-13-17-3-5-19-20(10-25)23(34-21(19)9-17)27-22(30)6-4-16-7-8-33-14-16/h4,6-8,12,14,17H,3,5,9,11,13H2,1-2H3,(H,26,31)(H,27,30). The van der Waals surface area contributed by atoms with Crippen LogP contribution in [-0.2, 0) is 36.0 Å². The van der Waals surface area contributed by atoms with Crippen molar-refractivity contribution in [1.82, 2.24) is 15.1 Å². The molecular formula is C24H25N5O3S2. The van der Waals surface area contributed by atoms with Gasteiger partial charge in [0.25, 0.3) is 0 Å². The minimum absolute atomic E-state index is 0.172. The number of thiophene rings is 2. The highest BCUT2D eigenvalue weighted by Gasteiger charge is 2.27. The summed E-state index contributed by atoms with van der Waals surface area (Å²) in [6.07, 6.45) is 6.89. The first kappa shape index (κ1) is 23.7. The number of rotatable bonds is 7. The third-order valence-corrected chi connectivity index (χ3v) is 7.55. The summed E-state index contributed by atoms with van der Waals surface area (Å²) < 4.78 is 7.16. The summed E-state index contributed by atoms with van der Waals surface area (Å²) in [6, 6.07) is 4.19. The van der Waals surface area contributed by atoms with Gasteiger partial charge in [0.15, 0.2) is 0 Å². The Kier molecular flexibility index (Phi) is 7.45. The SMILES string of the molecule is Cc1nn(C)cc1CNC(=O)OCC1CCc2c(sc(NC(=O)C=Cc3ccsc3)c2C#N)C1. The van der Waals surface area contributed by atoms with E-state index < -0.39 is 6.09 Å². The Morgan fingerprint density at radius 1 is 1.44 bits per heavy atom. The van der Waals surface area contributed by atoms with Gasteiger partial charge in [-0.05, 0) is 66.1 Å². The average molecular weight is 496 g/mol. The highest BCUT2D eigenvalue weighted by molar-refractivity contribution is 7.16. The van der Waals surface area contributed by atoms with E-state index in [-0.39, 0.29) is 11.8 Å². The Morgan fingerprint density at radius 3 is 3.00 bits per heavy atom. The van der Waals surface area contributed by atoms with Gasteiger partial charge in [-0.15, -0.1) is 11.3 Å². The summed E-state index contributed by atoms with van der Waals surface area (Å²) >= 11 is 3.00. The molecule has 0 fully saturated rings. The summed E-state index contributed by atoms with van der Waals surface area (Å²) in [5.41, 5.74) is 4.33. The lowest BCUT2D eigenvalue weighted by Gasteiger charge is -2.21. The van der Waals surface area contributed by atoms with Crippen LogP contribution < -0.4 is 10.6 Å². The highest BCUT2D eigenvalue weighted by Crippen LogP contribution is 2.39. The molecule has 0 aromatic carbocycles. The van der Waals surface area contributed by atoms with Crippen LogP contribution in [0, 0.1) is 24.2 Å². The van der Waals surface area contributed by atoms with E-state index >= 15 is 0 Å². The number of fused-ring (bicyclic) bond motifs is 1. The molecule has 4 rings (SSSR count). The molecule has 2 N–H and O–H groups in total. The van der Waals surface area contributed by atoms with Crippen LogP contribution in [0.2, 0.25) is 0 Å². The predicted molar refractivity (Wildman–Crippen MR) is 133 cm³/mol. The topological polar surface area (TPSA) is 109 Å². The van der Waals surface area contributed by atoms with Crippen LogP contribution >= 0.6 is 22.7 Å². The van der Waals surface area contributed by atoms with Crippen molar-refractivity contribution in [3.63, 3.8) is 0 Å². The fraction of sp³-hybridized carbons (Fsp3) is 0.333. The summed E-state index contributed by atoms with van der Waals surface area (Å²) in [7, 11) is 1.84. The highest BCUT2D eigenvalue weighted by atomic mass is 32.1. The van der Waals surface area contributed by atoms with Gasteiger partial charge in [0, 0.05) is 36.3 Å². The van der Waals surface area contributed by atoms with Crippen LogP contribution in [0.3, 0.4) is 0 Å². The number of alkyl carbamates (subject to hydrolysis) is 1. The lowest BCUT2D eigenvalue weighted by molar-refractivity contribution is -0.111. The van der Waals surface area contributed by atoms with Crippen molar-refractivity contribution >= 4 is 45.8 Å². The molecule has 0 saturated carbocycles. The van der Waals surface area contributed by atoms with E-state index in [4.69, 9.17) is 4.74 Å². The quantitative estimate of drug-likeness (QED) is 0.472. The van der Waals surface area contributed by atoms with E-state index in [0.717, 1.165) is 40.1 Å². The largest absolute Gasteiger partial charge is 0.449 e. The van der Waals surface area contributed by atoms with Crippen molar-refractivity contribution in [3.8, 4) is 6.07 Å². The number of anilines is 1. The number of nitriles is 1. The molecule has 1 atom stereocenters. The Balaban J connectivity index is 1.31. The molecule has 8 nitrogen and oxygen atoms in total. The van der Waals surface area contributed by atoms with Gasteiger partial charge in [0.05, 0.1) is 17.9 Å². The molecule has 0 bridgehead atoms. The average Bonchev–Trinajstić information content (AvgIpc) is 3.53. The van der Waals surface area contributed by atoms with Crippen molar-refractivity contribution in [3.05, 3.63) is 61.9 Å². The van der Waals surface area contributed by atoms with Gasteiger partial charge in [0.1, 0.15) is 11.1 Å². The number of carbonyl (C=O) groups excluding carboxylic acids is 2. The molecule has 0 aliphatic heterocycles. The van der Waals surface area contributed by atoms with Gasteiger partial charge in [-0.1, -0.05) is 0 Å². The Labute approximate surface area is 205 Å². The maximum atomic E-state index is 12.3. The first-order valence-corrected chi connectivity index (χ1v) is 12.6. The van der Waals surface area contributed by atoms with E-state index in [1.807, 2.05) is 37.0 Å². The lowest BCUT2D eigenvalue weighted by atomic mass is 9.88. The minimum atomic E-state index is -0.455. The number of nitrogens with one attached hydrogen (secondary N) is 2. The van der Waals surface area contributed by atoms with Gasteiger partial charge >= 0.3 is 6.09 Å². The maximum Gasteiger partial charge on any atom is 0.407 e. The molecule has 3 aromatic rings. The van der Waals surface area contributed by atoms with Gasteiger partial charge in [-0.3, -0.25) is 9.48 Å². The third kappa shape index (κ3) is 5.73. The number of amides is 2. The number of carbonyl (C=O) groups is 2. The summed E-state index contributed by atoms with van der Waals surface area (Å²) in [4.78, 5) is 25.6. The molecule has 0 radical (unpaired) electrons. The van der Waals surface area contributed by atoms with E-state index in [2.05, 4.69) is 21.8 Å². The molecule has 34 heavy (non-hydrogen) atoms. The lowest BCUT2D eigenvalue weighted by Crippen LogP contribution is -2.27. The van der Waals surface area contributed by atoms with Crippen LogP contribution in [0.1, 0.15) is 39.2 Å². The molecule has 3 heterocycles. The van der Waals surface area contributed by atoms with Crippen molar-refractivity contribution < 1.29 is 14.3 Å². The summed E-state index contributed by atoms with van der Waals surface area (Å²) in [5, 5.41) is 24.0. The molecular weight excluding hydrogens is 470 g/mol. The Bertz CT molecular complexity index is 1250. The van der Waals surface area contributed by atoms with Crippen LogP contribution in [0.4, 0.5) is 9.80 Å². The zero-order valence-corrected chi connectivity index (χ0v) is 20.6. The van der Waals surface area contributed by atoms with Crippen molar-refractivity contribution in [2.24, 2.45) is 13.0 Å². The van der Waals surface area contributed by atoms with Crippen LogP contribution in [-0.4, -0.2) is 28.4 Å². The van der Waals surface area contributed by atoms with Crippen LogP contribution in [0.5, 0.6) is 0 Å². The second-order valence-electron chi connectivity index (χ2n) is 8.17. The molecule has 10 heteroatoms. The molecule has 0 saturated heterocycles. The number of hydrogen-bond donors (Lipinski definition) is 2. The third-order valence-electron chi connectivity index (χ3n) is 5.67. The number of aromatic nitrogens is 2. The normalized spacial score (nSPS) is 15.0. The van der Waals surface area contributed by atoms with Gasteiger partial charge in [-0.2, -0.15) is 21.7 Å². The molecule has 0 spiro atoms. The summed E-state index contributed by atoms with van der Waals surface area (Å²) in [6.45, 7) is 2.57. The molecule has 176 valence electrons. The van der Waals surface area contributed by atoms with Gasteiger partial charge in [-0.25, -0.2) is 4.79 Å². The monoisotopic (exact) mass is 495 g/mol. The maximum absolute atomic E-state index is 12.3. The number of ether oxygens (including phenoxy) is 1. The molecule has 1 aliphatic carbocycles. The van der Waals surface area contributed by atoms with E-state index in [0.29, 0.717) is 30.1 Å². The smallest absolute Gasteiger partial charge is 0.407 e. The molecule has 3 aromatic heterocycles. The van der Waals surface area contributed by atoms with Crippen LogP contribution in [0.15, 0.2) is 29.1 Å². The predicted octanol–water partition coefficient (Wildman–Crippen LogP) is 4.41.